The Labute approximate surface area is 138 Å². The molecule has 106 valence electrons. The Morgan fingerprint density at radius 2 is 1.85 bits per heavy atom. The van der Waals surface area contributed by atoms with Gasteiger partial charge in [0.25, 0.3) is 0 Å². The van der Waals surface area contributed by atoms with Gasteiger partial charge in [-0.25, -0.2) is 0 Å². The number of halogens is 2. The highest BCUT2D eigenvalue weighted by atomic mass is 79.9. The molecule has 0 spiro atoms. The maximum Gasteiger partial charge on any atom is 0.0406 e. The molecular formula is C16H17BrClNS. The summed E-state index contributed by atoms with van der Waals surface area (Å²) >= 11 is 11.4. The first kappa shape index (κ1) is 15.9. The number of hydrogen-bond acceptors (Lipinski definition) is 2. The number of thioether (sulfide) groups is 1. The van der Waals surface area contributed by atoms with Crippen LogP contribution in [-0.4, -0.2) is 18.8 Å². The molecule has 2 rings (SSSR count). The van der Waals surface area contributed by atoms with Crippen molar-refractivity contribution in [1.82, 2.24) is 5.32 Å². The molecule has 0 radical (unpaired) electrons. The van der Waals surface area contributed by atoms with E-state index in [1.165, 1.54) is 14.9 Å². The zero-order valence-corrected chi connectivity index (χ0v) is 14.4. The van der Waals surface area contributed by atoms with Gasteiger partial charge in [-0.05, 0) is 49.4 Å². The first-order valence-electron chi connectivity index (χ1n) is 6.48. The molecule has 0 amide bonds. The van der Waals surface area contributed by atoms with E-state index in [0.717, 1.165) is 17.2 Å². The number of nitrogens with one attached hydrogen (secondary N) is 1. The van der Waals surface area contributed by atoms with Gasteiger partial charge in [-0.2, -0.15) is 0 Å². The molecule has 0 aliphatic carbocycles. The lowest BCUT2D eigenvalue weighted by molar-refractivity contribution is 0.616. The van der Waals surface area contributed by atoms with Gasteiger partial charge in [0.2, 0.25) is 0 Å². The van der Waals surface area contributed by atoms with Gasteiger partial charge in [0.05, 0.1) is 0 Å². The summed E-state index contributed by atoms with van der Waals surface area (Å²) in [5, 5.41) is 4.18. The van der Waals surface area contributed by atoms with Crippen molar-refractivity contribution in [3.05, 3.63) is 63.6 Å². The van der Waals surface area contributed by atoms with Gasteiger partial charge in [-0.15, -0.1) is 11.8 Å². The molecule has 1 N–H and O–H groups in total. The van der Waals surface area contributed by atoms with Crippen molar-refractivity contribution in [2.24, 2.45) is 0 Å². The van der Waals surface area contributed by atoms with Crippen LogP contribution in [0.5, 0.6) is 0 Å². The lowest BCUT2D eigenvalue weighted by atomic mass is 10.1. The number of likely N-dealkylation sites (N-methyl/N-ethyl adjacent to an activating group) is 1. The molecule has 0 fully saturated rings. The molecule has 1 atom stereocenters. The van der Waals surface area contributed by atoms with E-state index >= 15 is 0 Å². The monoisotopic (exact) mass is 369 g/mol. The molecule has 0 aromatic heterocycles. The predicted octanol–water partition coefficient (Wildman–Crippen LogP) is 5.03. The summed E-state index contributed by atoms with van der Waals surface area (Å²) in [5.41, 5.74) is 1.34. The van der Waals surface area contributed by atoms with Gasteiger partial charge in [-0.1, -0.05) is 45.7 Å². The molecule has 0 heterocycles. The van der Waals surface area contributed by atoms with Crippen LogP contribution in [0.2, 0.25) is 5.02 Å². The number of rotatable bonds is 6. The Kier molecular flexibility index (Phi) is 6.43. The van der Waals surface area contributed by atoms with Crippen molar-refractivity contribution in [3.8, 4) is 0 Å². The molecule has 2 aromatic carbocycles. The highest BCUT2D eigenvalue weighted by Gasteiger charge is 2.10. The van der Waals surface area contributed by atoms with Gasteiger partial charge in [0.15, 0.2) is 0 Å². The Hall–Kier alpha value is -0.480. The van der Waals surface area contributed by atoms with E-state index < -0.39 is 0 Å². The van der Waals surface area contributed by atoms with Crippen molar-refractivity contribution < 1.29 is 0 Å². The van der Waals surface area contributed by atoms with Crippen molar-refractivity contribution in [1.29, 1.82) is 0 Å². The van der Waals surface area contributed by atoms with Crippen LogP contribution >= 0.6 is 39.3 Å². The standard InChI is InChI=1S/C16H17BrClNS/c1-19-14(10-12-4-2-3-5-16(12)17)11-20-15-8-6-13(18)7-9-15/h2-9,14,19H,10-11H2,1H3. The lowest BCUT2D eigenvalue weighted by Gasteiger charge is -2.16. The van der Waals surface area contributed by atoms with Crippen LogP contribution < -0.4 is 5.32 Å². The van der Waals surface area contributed by atoms with Crippen molar-refractivity contribution in [3.63, 3.8) is 0 Å². The summed E-state index contributed by atoms with van der Waals surface area (Å²) in [5.74, 6) is 1.03. The van der Waals surface area contributed by atoms with E-state index in [4.69, 9.17) is 11.6 Å². The minimum atomic E-state index is 0.439. The normalized spacial score (nSPS) is 12.3. The van der Waals surface area contributed by atoms with Crippen LogP contribution in [0.1, 0.15) is 5.56 Å². The summed E-state index contributed by atoms with van der Waals surface area (Å²) in [4.78, 5) is 1.25. The molecule has 2 aromatic rings. The fourth-order valence-corrected chi connectivity index (χ4v) is 3.48. The molecule has 20 heavy (non-hydrogen) atoms. The fourth-order valence-electron chi connectivity index (χ4n) is 1.90. The van der Waals surface area contributed by atoms with Gasteiger partial charge < -0.3 is 5.32 Å². The number of benzene rings is 2. The van der Waals surface area contributed by atoms with Gasteiger partial charge in [-0.3, -0.25) is 0 Å². The molecule has 1 nitrogen and oxygen atoms in total. The molecule has 0 aliphatic heterocycles. The Morgan fingerprint density at radius 3 is 2.50 bits per heavy atom. The van der Waals surface area contributed by atoms with E-state index in [-0.39, 0.29) is 0 Å². The van der Waals surface area contributed by atoms with E-state index in [9.17, 15) is 0 Å². The molecule has 1 unspecified atom stereocenters. The van der Waals surface area contributed by atoms with E-state index in [1.807, 2.05) is 37.0 Å². The topological polar surface area (TPSA) is 12.0 Å². The minimum absolute atomic E-state index is 0.439. The van der Waals surface area contributed by atoms with E-state index in [1.54, 1.807) is 0 Å². The summed E-state index contributed by atoms with van der Waals surface area (Å²) in [7, 11) is 2.02. The molecule has 0 bridgehead atoms. The summed E-state index contributed by atoms with van der Waals surface area (Å²) in [6.45, 7) is 0. The van der Waals surface area contributed by atoms with Crippen LogP contribution in [0.3, 0.4) is 0 Å². The lowest BCUT2D eigenvalue weighted by Crippen LogP contribution is -2.30. The second kappa shape index (κ2) is 8.08. The van der Waals surface area contributed by atoms with Crippen molar-refractivity contribution in [2.75, 3.05) is 12.8 Å². The maximum atomic E-state index is 5.90. The Balaban J connectivity index is 1.92. The van der Waals surface area contributed by atoms with Crippen molar-refractivity contribution >= 4 is 39.3 Å². The molecule has 0 saturated carbocycles. The third-order valence-electron chi connectivity index (χ3n) is 3.10. The van der Waals surface area contributed by atoms with Gasteiger partial charge in [0.1, 0.15) is 0 Å². The summed E-state index contributed by atoms with van der Waals surface area (Å²) in [6.07, 6.45) is 1.01. The SMILES string of the molecule is CNC(CSc1ccc(Cl)cc1)Cc1ccccc1Br. The zero-order chi connectivity index (χ0) is 14.4. The third-order valence-corrected chi connectivity index (χ3v) is 5.30. The van der Waals surface area contributed by atoms with E-state index in [2.05, 4.69) is 51.6 Å². The van der Waals surface area contributed by atoms with E-state index in [0.29, 0.717) is 6.04 Å². The Bertz CT molecular complexity index is 544. The van der Waals surface area contributed by atoms with Crippen molar-refractivity contribution in [2.45, 2.75) is 17.4 Å². The number of hydrogen-bond donors (Lipinski definition) is 1. The predicted molar refractivity (Wildman–Crippen MR) is 92.9 cm³/mol. The second-order valence-electron chi connectivity index (χ2n) is 4.55. The average Bonchev–Trinajstić information content (AvgIpc) is 2.47. The summed E-state index contributed by atoms with van der Waals surface area (Å²) in [6, 6.07) is 16.8. The largest absolute Gasteiger partial charge is 0.316 e. The smallest absolute Gasteiger partial charge is 0.0406 e. The Morgan fingerprint density at radius 1 is 1.15 bits per heavy atom. The van der Waals surface area contributed by atoms with Crippen LogP contribution in [0.25, 0.3) is 0 Å². The maximum absolute atomic E-state index is 5.90. The van der Waals surface area contributed by atoms with Crippen LogP contribution in [0.15, 0.2) is 57.9 Å². The average molecular weight is 371 g/mol. The molecule has 4 heteroatoms. The van der Waals surface area contributed by atoms with Crippen LogP contribution in [-0.2, 0) is 6.42 Å². The quantitative estimate of drug-likeness (QED) is 0.716. The fraction of sp³-hybridized carbons (Fsp3) is 0.250. The highest BCUT2D eigenvalue weighted by molar-refractivity contribution is 9.10. The first-order chi connectivity index (χ1) is 9.69. The molecule has 0 saturated heterocycles. The van der Waals surface area contributed by atoms with Crippen LogP contribution in [0.4, 0.5) is 0 Å². The second-order valence-corrected chi connectivity index (χ2v) is 6.93. The zero-order valence-electron chi connectivity index (χ0n) is 11.3. The third kappa shape index (κ3) is 4.81. The first-order valence-corrected chi connectivity index (χ1v) is 8.63. The molecule has 0 aliphatic rings. The molecular weight excluding hydrogens is 354 g/mol. The van der Waals surface area contributed by atoms with Crippen LogP contribution in [0, 0.1) is 0 Å². The summed E-state index contributed by atoms with van der Waals surface area (Å²) < 4.78 is 1.18. The van der Waals surface area contributed by atoms with Gasteiger partial charge in [0, 0.05) is 26.2 Å². The van der Waals surface area contributed by atoms with Gasteiger partial charge >= 0.3 is 0 Å². The highest BCUT2D eigenvalue weighted by Crippen LogP contribution is 2.23. The minimum Gasteiger partial charge on any atom is -0.316 e.